The predicted molar refractivity (Wildman–Crippen MR) is 75.1 cm³/mol. The van der Waals surface area contributed by atoms with Crippen LogP contribution in [0.3, 0.4) is 0 Å². The van der Waals surface area contributed by atoms with Crippen molar-refractivity contribution in [2.75, 3.05) is 11.9 Å². The molecule has 1 N–H and O–H groups in total. The third-order valence-corrected chi connectivity index (χ3v) is 5.06. The number of rotatable bonds is 4. The Balaban J connectivity index is 1.76. The second-order valence-corrected chi connectivity index (χ2v) is 6.11. The first-order valence-corrected chi connectivity index (χ1v) is 7.47. The summed E-state index contributed by atoms with van der Waals surface area (Å²) in [7, 11) is 0. The topological polar surface area (TPSA) is 21.3 Å². The SMILES string of the molecule is CCOC1CC(Nc2c(F)cc(F)cc2Cl)C12CCC2. The molecule has 0 amide bonds. The van der Waals surface area contributed by atoms with Crippen LogP contribution in [0.1, 0.15) is 32.6 Å². The molecule has 0 radical (unpaired) electrons. The van der Waals surface area contributed by atoms with Crippen molar-refractivity contribution in [2.24, 2.45) is 5.41 Å². The van der Waals surface area contributed by atoms with Crippen molar-refractivity contribution in [1.82, 2.24) is 0 Å². The van der Waals surface area contributed by atoms with E-state index in [-0.39, 0.29) is 28.3 Å². The lowest BCUT2D eigenvalue weighted by molar-refractivity contribution is -0.157. The van der Waals surface area contributed by atoms with Crippen LogP contribution < -0.4 is 5.32 Å². The fraction of sp³-hybridized carbons (Fsp3) is 0.600. The van der Waals surface area contributed by atoms with E-state index in [0.29, 0.717) is 6.61 Å². The summed E-state index contributed by atoms with van der Waals surface area (Å²) >= 11 is 5.94. The quantitative estimate of drug-likeness (QED) is 0.891. The van der Waals surface area contributed by atoms with Crippen LogP contribution in [0.25, 0.3) is 0 Å². The number of anilines is 1. The van der Waals surface area contributed by atoms with Crippen LogP contribution in [-0.4, -0.2) is 18.8 Å². The fourth-order valence-corrected chi connectivity index (χ4v) is 3.74. The van der Waals surface area contributed by atoms with Gasteiger partial charge in [-0.2, -0.15) is 0 Å². The van der Waals surface area contributed by atoms with E-state index < -0.39 is 11.6 Å². The van der Waals surface area contributed by atoms with Crippen LogP contribution in [0.15, 0.2) is 12.1 Å². The maximum absolute atomic E-state index is 13.8. The third-order valence-electron chi connectivity index (χ3n) is 4.76. The van der Waals surface area contributed by atoms with Gasteiger partial charge in [-0.15, -0.1) is 0 Å². The lowest BCUT2D eigenvalue weighted by atomic mass is 9.51. The van der Waals surface area contributed by atoms with Gasteiger partial charge >= 0.3 is 0 Å². The van der Waals surface area contributed by atoms with Gasteiger partial charge in [0.05, 0.1) is 16.8 Å². The summed E-state index contributed by atoms with van der Waals surface area (Å²) < 4.78 is 32.7. The molecule has 3 rings (SSSR count). The summed E-state index contributed by atoms with van der Waals surface area (Å²) in [5, 5.41) is 3.26. The Morgan fingerprint density at radius 2 is 2.15 bits per heavy atom. The smallest absolute Gasteiger partial charge is 0.150 e. The molecule has 0 aromatic heterocycles. The molecule has 2 saturated carbocycles. The first-order chi connectivity index (χ1) is 9.56. The van der Waals surface area contributed by atoms with Crippen LogP contribution in [0, 0.1) is 17.0 Å². The third kappa shape index (κ3) is 2.09. The van der Waals surface area contributed by atoms with Crippen LogP contribution in [-0.2, 0) is 4.74 Å². The van der Waals surface area contributed by atoms with E-state index in [9.17, 15) is 8.78 Å². The largest absolute Gasteiger partial charge is 0.378 e. The summed E-state index contributed by atoms with van der Waals surface area (Å²) in [6.07, 6.45) is 4.47. The molecule has 2 fully saturated rings. The molecule has 1 aromatic rings. The summed E-state index contributed by atoms with van der Waals surface area (Å²) in [4.78, 5) is 0. The van der Waals surface area contributed by atoms with Crippen molar-refractivity contribution in [3.63, 3.8) is 0 Å². The zero-order chi connectivity index (χ0) is 14.3. The normalized spacial score (nSPS) is 27.0. The molecular formula is C15H18ClF2NO. The summed E-state index contributed by atoms with van der Waals surface area (Å²) in [6, 6.07) is 2.16. The van der Waals surface area contributed by atoms with Gasteiger partial charge in [-0.1, -0.05) is 18.0 Å². The number of nitrogens with one attached hydrogen (secondary N) is 1. The van der Waals surface area contributed by atoms with E-state index in [0.717, 1.165) is 31.4 Å². The lowest BCUT2D eigenvalue weighted by Crippen LogP contribution is -2.64. The second-order valence-electron chi connectivity index (χ2n) is 5.71. The van der Waals surface area contributed by atoms with Gasteiger partial charge in [0.25, 0.3) is 0 Å². The molecule has 2 unspecified atom stereocenters. The zero-order valence-electron chi connectivity index (χ0n) is 11.4. The van der Waals surface area contributed by atoms with E-state index in [2.05, 4.69) is 5.32 Å². The summed E-state index contributed by atoms with van der Waals surface area (Å²) in [6.45, 7) is 2.69. The molecule has 0 bridgehead atoms. The molecule has 1 spiro atoms. The van der Waals surface area contributed by atoms with E-state index in [1.54, 1.807) is 0 Å². The summed E-state index contributed by atoms with van der Waals surface area (Å²) in [5.41, 5.74) is 0.319. The van der Waals surface area contributed by atoms with Gasteiger partial charge in [-0.25, -0.2) is 8.78 Å². The number of halogens is 3. The molecule has 2 aliphatic rings. The first kappa shape index (κ1) is 14.1. The predicted octanol–water partition coefficient (Wildman–Crippen LogP) is 4.38. The molecular weight excluding hydrogens is 284 g/mol. The highest BCUT2D eigenvalue weighted by Gasteiger charge is 2.59. The van der Waals surface area contributed by atoms with E-state index in [1.165, 1.54) is 6.42 Å². The monoisotopic (exact) mass is 301 g/mol. The van der Waals surface area contributed by atoms with Gasteiger partial charge in [0.15, 0.2) is 5.82 Å². The van der Waals surface area contributed by atoms with Crippen LogP contribution in [0.4, 0.5) is 14.5 Å². The van der Waals surface area contributed by atoms with Crippen molar-refractivity contribution in [3.8, 4) is 0 Å². The molecule has 0 saturated heterocycles. The maximum Gasteiger partial charge on any atom is 0.150 e. The Labute approximate surface area is 122 Å². The molecule has 0 aliphatic heterocycles. The Bertz CT molecular complexity index is 496. The Kier molecular flexibility index (Phi) is 3.63. The molecule has 2 atom stereocenters. The minimum Gasteiger partial charge on any atom is -0.378 e. The average Bonchev–Trinajstić information content (AvgIpc) is 2.28. The molecule has 2 nitrogen and oxygen atoms in total. The van der Waals surface area contributed by atoms with E-state index >= 15 is 0 Å². The van der Waals surface area contributed by atoms with E-state index in [1.807, 2.05) is 6.92 Å². The molecule has 20 heavy (non-hydrogen) atoms. The standard InChI is InChI=1S/C15H18ClF2NO/c1-2-20-13-8-12(15(13)4-3-5-15)19-14-10(16)6-9(17)7-11(14)18/h6-7,12-13,19H,2-5,8H2,1H3. The average molecular weight is 302 g/mol. The van der Waals surface area contributed by atoms with Crippen LogP contribution in [0.5, 0.6) is 0 Å². The van der Waals surface area contributed by atoms with Gasteiger partial charge < -0.3 is 10.1 Å². The number of benzene rings is 1. The first-order valence-electron chi connectivity index (χ1n) is 7.09. The minimum absolute atomic E-state index is 0.0943. The Morgan fingerprint density at radius 1 is 1.40 bits per heavy atom. The van der Waals surface area contributed by atoms with Crippen molar-refractivity contribution >= 4 is 17.3 Å². The van der Waals surface area contributed by atoms with Crippen LogP contribution >= 0.6 is 11.6 Å². The number of ether oxygens (including phenoxy) is 1. The van der Waals surface area contributed by atoms with Crippen molar-refractivity contribution in [3.05, 3.63) is 28.8 Å². The van der Waals surface area contributed by atoms with Crippen LogP contribution in [0.2, 0.25) is 5.02 Å². The van der Waals surface area contributed by atoms with Gasteiger partial charge in [-0.3, -0.25) is 0 Å². The molecule has 110 valence electrons. The fourth-order valence-electron chi connectivity index (χ4n) is 3.50. The van der Waals surface area contributed by atoms with Crippen molar-refractivity contribution in [2.45, 2.75) is 44.8 Å². The van der Waals surface area contributed by atoms with Gasteiger partial charge in [0.2, 0.25) is 0 Å². The highest BCUT2D eigenvalue weighted by atomic mass is 35.5. The van der Waals surface area contributed by atoms with Gasteiger partial charge in [0.1, 0.15) is 5.82 Å². The second kappa shape index (κ2) is 5.15. The minimum atomic E-state index is -0.655. The van der Waals surface area contributed by atoms with Gasteiger partial charge in [0, 0.05) is 24.1 Å². The lowest BCUT2D eigenvalue weighted by Gasteiger charge is -2.61. The Morgan fingerprint density at radius 3 is 2.70 bits per heavy atom. The zero-order valence-corrected chi connectivity index (χ0v) is 12.1. The molecule has 0 heterocycles. The number of hydrogen-bond donors (Lipinski definition) is 1. The molecule has 1 aromatic carbocycles. The molecule has 5 heteroatoms. The van der Waals surface area contributed by atoms with Crippen molar-refractivity contribution in [1.29, 1.82) is 0 Å². The number of hydrogen-bond acceptors (Lipinski definition) is 2. The maximum atomic E-state index is 13.8. The van der Waals surface area contributed by atoms with E-state index in [4.69, 9.17) is 16.3 Å². The highest BCUT2D eigenvalue weighted by molar-refractivity contribution is 6.33. The highest BCUT2D eigenvalue weighted by Crippen LogP contribution is 2.58. The Hall–Kier alpha value is -0.870. The van der Waals surface area contributed by atoms with Crippen molar-refractivity contribution < 1.29 is 13.5 Å². The molecule has 2 aliphatic carbocycles. The summed E-state index contributed by atoms with van der Waals surface area (Å²) in [5.74, 6) is -1.29. The van der Waals surface area contributed by atoms with Gasteiger partial charge in [-0.05, 0) is 32.3 Å².